The second-order valence-corrected chi connectivity index (χ2v) is 6.95. The molecule has 2 aliphatic rings. The van der Waals surface area contributed by atoms with E-state index < -0.39 is 0 Å². The van der Waals surface area contributed by atoms with E-state index in [1.54, 1.807) is 7.11 Å². The van der Waals surface area contributed by atoms with Crippen molar-refractivity contribution in [3.63, 3.8) is 0 Å². The van der Waals surface area contributed by atoms with E-state index >= 15 is 0 Å². The van der Waals surface area contributed by atoms with Crippen LogP contribution in [0.1, 0.15) is 31.2 Å². The van der Waals surface area contributed by atoms with E-state index in [9.17, 15) is 0 Å². The Labute approximate surface area is 168 Å². The Kier molecular flexibility index (Phi) is 7.81. The molecule has 0 radical (unpaired) electrons. The summed E-state index contributed by atoms with van der Waals surface area (Å²) in [7, 11) is 3.60. The number of para-hydroxylation sites is 1. The predicted molar refractivity (Wildman–Crippen MR) is 112 cm³/mol. The topological polar surface area (TPSA) is 54.9 Å². The molecule has 2 N–H and O–H groups in total. The lowest BCUT2D eigenvalue weighted by Gasteiger charge is -2.42. The highest BCUT2D eigenvalue weighted by Crippen LogP contribution is 2.43. The van der Waals surface area contributed by atoms with E-state index in [0.717, 1.165) is 44.2 Å². The van der Waals surface area contributed by atoms with Crippen molar-refractivity contribution in [2.24, 2.45) is 10.4 Å². The molecule has 0 aromatic heterocycles. The average Bonchev–Trinajstić information content (AvgIpc) is 2.99. The van der Waals surface area contributed by atoms with Crippen LogP contribution < -0.4 is 15.4 Å². The molecule has 0 bridgehead atoms. The highest BCUT2D eigenvalue weighted by Gasteiger charge is 2.36. The third-order valence-corrected chi connectivity index (χ3v) is 5.32. The monoisotopic (exact) mass is 459 g/mol. The zero-order valence-corrected chi connectivity index (χ0v) is 17.5. The van der Waals surface area contributed by atoms with E-state index in [4.69, 9.17) is 9.47 Å². The minimum Gasteiger partial charge on any atom is -0.488 e. The Balaban J connectivity index is 0.00000225. The number of ether oxygens (including phenoxy) is 2. The fourth-order valence-electron chi connectivity index (χ4n) is 3.58. The molecule has 1 unspecified atom stereocenters. The fourth-order valence-corrected chi connectivity index (χ4v) is 3.58. The number of nitrogens with one attached hydrogen (secondary N) is 2. The van der Waals surface area contributed by atoms with Gasteiger partial charge in [-0.15, -0.1) is 24.0 Å². The summed E-state index contributed by atoms with van der Waals surface area (Å²) in [5, 5.41) is 6.90. The number of rotatable bonds is 7. The Morgan fingerprint density at radius 3 is 2.76 bits per heavy atom. The number of fused-ring (bicyclic) bond motifs is 1. The first-order valence-corrected chi connectivity index (χ1v) is 8.93. The van der Waals surface area contributed by atoms with Crippen LogP contribution in [0.5, 0.6) is 5.75 Å². The maximum absolute atomic E-state index is 5.97. The lowest BCUT2D eigenvalue weighted by molar-refractivity contribution is 0.0732. The summed E-state index contributed by atoms with van der Waals surface area (Å²) in [6.07, 6.45) is 6.13. The van der Waals surface area contributed by atoms with Gasteiger partial charge in [0.05, 0.1) is 6.54 Å². The molecule has 1 aromatic rings. The quantitative estimate of drug-likeness (QED) is 0.374. The van der Waals surface area contributed by atoms with E-state index in [1.165, 1.54) is 24.8 Å². The number of aliphatic imine (C=N–C) groups is 1. The molecule has 1 atom stereocenters. The van der Waals surface area contributed by atoms with Crippen LogP contribution in [-0.4, -0.2) is 45.9 Å². The number of nitrogens with zero attached hydrogens (tertiary/aromatic N) is 1. The zero-order valence-electron chi connectivity index (χ0n) is 15.2. The van der Waals surface area contributed by atoms with Crippen molar-refractivity contribution < 1.29 is 9.47 Å². The van der Waals surface area contributed by atoms with Crippen LogP contribution >= 0.6 is 24.0 Å². The lowest BCUT2D eigenvalue weighted by Crippen LogP contribution is -2.48. The van der Waals surface area contributed by atoms with Crippen LogP contribution in [0.2, 0.25) is 0 Å². The molecule has 3 rings (SSSR count). The van der Waals surface area contributed by atoms with Crippen LogP contribution in [0.25, 0.3) is 0 Å². The maximum atomic E-state index is 5.97. The van der Waals surface area contributed by atoms with Crippen molar-refractivity contribution in [2.45, 2.75) is 38.2 Å². The molecular formula is C19H30IN3O2. The van der Waals surface area contributed by atoms with Gasteiger partial charge in [-0.3, -0.25) is 4.99 Å². The summed E-state index contributed by atoms with van der Waals surface area (Å²) in [4.78, 5) is 4.35. The summed E-state index contributed by atoms with van der Waals surface area (Å²) < 4.78 is 11.2. The van der Waals surface area contributed by atoms with Crippen LogP contribution in [0.4, 0.5) is 0 Å². The highest BCUT2D eigenvalue weighted by molar-refractivity contribution is 14.0. The van der Waals surface area contributed by atoms with Crippen molar-refractivity contribution in [1.29, 1.82) is 0 Å². The van der Waals surface area contributed by atoms with Crippen LogP contribution in [0.3, 0.4) is 0 Å². The number of methoxy groups -OCH3 is 1. The molecule has 0 spiro atoms. The minimum atomic E-state index is 0. The number of hydrogen-bond acceptors (Lipinski definition) is 3. The predicted octanol–water partition coefficient (Wildman–Crippen LogP) is 2.98. The van der Waals surface area contributed by atoms with Crippen molar-refractivity contribution in [3.05, 3.63) is 29.8 Å². The molecule has 1 aromatic carbocycles. The molecule has 0 saturated heterocycles. The largest absolute Gasteiger partial charge is 0.488 e. The van der Waals surface area contributed by atoms with E-state index in [2.05, 4.69) is 27.8 Å². The van der Waals surface area contributed by atoms with Crippen molar-refractivity contribution in [2.75, 3.05) is 33.9 Å². The Bertz CT molecular complexity index is 551. The summed E-state index contributed by atoms with van der Waals surface area (Å²) in [5.74, 6) is 1.87. The second-order valence-electron chi connectivity index (χ2n) is 6.95. The summed E-state index contributed by atoms with van der Waals surface area (Å²) in [6.45, 7) is 2.56. The van der Waals surface area contributed by atoms with Crippen LogP contribution in [0, 0.1) is 5.41 Å². The molecular weight excluding hydrogens is 429 g/mol. The summed E-state index contributed by atoms with van der Waals surface area (Å²) in [6, 6.07) is 8.26. The third-order valence-electron chi connectivity index (χ3n) is 5.32. The first-order chi connectivity index (χ1) is 11.7. The van der Waals surface area contributed by atoms with Crippen molar-refractivity contribution >= 4 is 29.9 Å². The van der Waals surface area contributed by atoms with Gasteiger partial charge in [0.1, 0.15) is 11.9 Å². The SMILES string of the molecule is CN=C(NCC1Cc2ccccc2O1)NCC1(CCOC)CCC1.I. The highest BCUT2D eigenvalue weighted by atomic mass is 127. The molecule has 5 nitrogen and oxygen atoms in total. The van der Waals surface area contributed by atoms with Gasteiger partial charge in [0.15, 0.2) is 5.96 Å². The Morgan fingerprint density at radius 2 is 2.12 bits per heavy atom. The van der Waals surface area contributed by atoms with E-state index in [1.807, 2.05) is 19.2 Å². The van der Waals surface area contributed by atoms with Gasteiger partial charge in [-0.05, 0) is 36.3 Å². The van der Waals surface area contributed by atoms with Crippen LogP contribution in [-0.2, 0) is 11.2 Å². The van der Waals surface area contributed by atoms with Crippen molar-refractivity contribution in [1.82, 2.24) is 10.6 Å². The molecule has 6 heteroatoms. The number of hydrogen-bond donors (Lipinski definition) is 2. The number of guanidine groups is 1. The van der Waals surface area contributed by atoms with Gasteiger partial charge in [0, 0.05) is 33.7 Å². The maximum Gasteiger partial charge on any atom is 0.191 e. The number of halogens is 1. The Hall–Kier alpha value is -1.02. The third kappa shape index (κ3) is 5.23. The minimum absolute atomic E-state index is 0. The normalized spacial score (nSPS) is 20.7. The number of benzene rings is 1. The zero-order chi connectivity index (χ0) is 16.8. The average molecular weight is 459 g/mol. The molecule has 0 amide bonds. The van der Waals surface area contributed by atoms with Gasteiger partial charge in [-0.1, -0.05) is 24.6 Å². The smallest absolute Gasteiger partial charge is 0.191 e. The van der Waals surface area contributed by atoms with Crippen molar-refractivity contribution in [3.8, 4) is 5.75 Å². The van der Waals surface area contributed by atoms with Gasteiger partial charge in [-0.2, -0.15) is 0 Å². The van der Waals surface area contributed by atoms with Gasteiger partial charge in [0.25, 0.3) is 0 Å². The summed E-state index contributed by atoms with van der Waals surface area (Å²) in [5.41, 5.74) is 1.67. The Morgan fingerprint density at radius 1 is 1.32 bits per heavy atom. The van der Waals surface area contributed by atoms with E-state index in [-0.39, 0.29) is 30.1 Å². The first-order valence-electron chi connectivity index (χ1n) is 8.93. The molecule has 1 aliphatic carbocycles. The van der Waals surface area contributed by atoms with Crippen LogP contribution in [0.15, 0.2) is 29.3 Å². The molecule has 1 fully saturated rings. The van der Waals surface area contributed by atoms with Gasteiger partial charge >= 0.3 is 0 Å². The first kappa shape index (κ1) is 20.3. The van der Waals surface area contributed by atoms with Gasteiger partial charge < -0.3 is 20.1 Å². The molecule has 1 saturated carbocycles. The molecule has 25 heavy (non-hydrogen) atoms. The van der Waals surface area contributed by atoms with E-state index in [0.29, 0.717) is 5.41 Å². The van der Waals surface area contributed by atoms with Gasteiger partial charge in [0.2, 0.25) is 0 Å². The molecule has 1 aliphatic heterocycles. The summed E-state index contributed by atoms with van der Waals surface area (Å²) >= 11 is 0. The lowest BCUT2D eigenvalue weighted by atomic mass is 9.67. The standard InChI is InChI=1S/C19H29N3O2.HI/c1-20-18(22-14-19(8-5-9-19)10-11-23-2)21-13-16-12-15-6-3-4-7-17(15)24-16;/h3-4,6-7,16H,5,8-14H2,1-2H3,(H2,20,21,22);1H. The molecule has 1 heterocycles. The molecule has 140 valence electrons. The fraction of sp³-hybridized carbons (Fsp3) is 0.632. The second kappa shape index (κ2) is 9.62. The van der Waals surface area contributed by atoms with Gasteiger partial charge in [-0.25, -0.2) is 0 Å².